The Hall–Kier alpha value is -3.65. The van der Waals surface area contributed by atoms with Crippen molar-refractivity contribution in [1.82, 2.24) is 9.97 Å². The van der Waals surface area contributed by atoms with Gasteiger partial charge in [-0.25, -0.2) is 22.2 Å². The maximum absolute atomic E-state index is 14.9. The molecule has 170 valence electrons. The van der Waals surface area contributed by atoms with Crippen LogP contribution in [-0.4, -0.2) is 41.4 Å². The Morgan fingerprint density at radius 3 is 2.67 bits per heavy atom. The minimum Gasteiger partial charge on any atom is -0.386 e. The van der Waals surface area contributed by atoms with Gasteiger partial charge >= 0.3 is 0 Å². The Kier molecular flexibility index (Phi) is 5.29. The van der Waals surface area contributed by atoms with E-state index in [1.54, 1.807) is 12.1 Å². The zero-order valence-electron chi connectivity index (χ0n) is 17.8. The van der Waals surface area contributed by atoms with E-state index in [0.29, 0.717) is 28.0 Å². The highest BCUT2D eigenvalue weighted by molar-refractivity contribution is 7.93. The van der Waals surface area contributed by atoms with Crippen molar-refractivity contribution in [1.29, 1.82) is 5.26 Å². The Morgan fingerprint density at radius 1 is 1.24 bits per heavy atom. The highest BCUT2D eigenvalue weighted by atomic mass is 32.2. The van der Waals surface area contributed by atoms with Gasteiger partial charge in [0, 0.05) is 29.0 Å². The van der Waals surface area contributed by atoms with Crippen molar-refractivity contribution in [3.05, 3.63) is 59.7 Å². The van der Waals surface area contributed by atoms with Gasteiger partial charge in [0.2, 0.25) is 0 Å². The van der Waals surface area contributed by atoms with Crippen LogP contribution in [0.25, 0.3) is 10.9 Å². The number of rotatable bonds is 4. The first kappa shape index (κ1) is 22.5. The van der Waals surface area contributed by atoms with Gasteiger partial charge < -0.3 is 11.1 Å². The molecule has 0 saturated carbocycles. The van der Waals surface area contributed by atoms with Crippen LogP contribution >= 0.6 is 0 Å². The van der Waals surface area contributed by atoms with Gasteiger partial charge in [0.1, 0.15) is 40.2 Å². The van der Waals surface area contributed by atoms with Crippen molar-refractivity contribution in [3.8, 4) is 6.07 Å². The third-order valence-corrected chi connectivity index (χ3v) is 8.46. The number of anilines is 2. The fourth-order valence-corrected chi connectivity index (χ4v) is 5.29. The second-order valence-electron chi connectivity index (χ2n) is 8.32. The van der Waals surface area contributed by atoms with Gasteiger partial charge in [0.15, 0.2) is 15.7 Å². The minimum absolute atomic E-state index is 0.239. The summed E-state index contributed by atoms with van der Waals surface area (Å²) >= 11 is 0. The molecule has 4 rings (SSSR count). The number of sulfone groups is 1. The Bertz CT molecular complexity index is 1450. The molecule has 11 heteroatoms. The lowest BCUT2D eigenvalue weighted by atomic mass is 9.92. The van der Waals surface area contributed by atoms with Crippen molar-refractivity contribution in [2.75, 3.05) is 17.7 Å². The van der Waals surface area contributed by atoms with Crippen molar-refractivity contribution < 1.29 is 17.2 Å². The van der Waals surface area contributed by atoms with E-state index < -0.39 is 38.4 Å². The summed E-state index contributed by atoms with van der Waals surface area (Å²) in [6.45, 7) is 1.51. The van der Waals surface area contributed by atoms with Crippen LogP contribution in [0.15, 0.2) is 47.7 Å². The summed E-state index contributed by atoms with van der Waals surface area (Å²) in [7, 11) is -3.93. The van der Waals surface area contributed by atoms with Crippen LogP contribution < -0.4 is 11.1 Å². The normalized spacial score (nSPS) is 21.2. The molecule has 1 atom stereocenters. The van der Waals surface area contributed by atoms with E-state index in [1.165, 1.54) is 38.4 Å². The third-order valence-electron chi connectivity index (χ3n) is 5.84. The maximum Gasteiger partial charge on any atom is 0.165 e. The molecule has 33 heavy (non-hydrogen) atoms. The lowest BCUT2D eigenvalue weighted by molar-refractivity contribution is 0.324. The minimum atomic E-state index is -3.93. The largest absolute Gasteiger partial charge is 0.386 e. The lowest BCUT2D eigenvalue weighted by Crippen LogP contribution is -2.56. The molecule has 3 heterocycles. The van der Waals surface area contributed by atoms with E-state index in [9.17, 15) is 17.2 Å². The number of halogens is 2. The molecule has 0 saturated heterocycles. The second kappa shape index (κ2) is 7.74. The van der Waals surface area contributed by atoms with Gasteiger partial charge in [-0.2, -0.15) is 5.26 Å². The topological polar surface area (TPSA) is 134 Å². The maximum atomic E-state index is 14.9. The van der Waals surface area contributed by atoms with Crippen molar-refractivity contribution in [2.45, 2.75) is 24.1 Å². The molecule has 3 aromatic rings. The predicted molar refractivity (Wildman–Crippen MR) is 121 cm³/mol. The van der Waals surface area contributed by atoms with E-state index in [1.807, 2.05) is 6.07 Å². The highest BCUT2D eigenvalue weighted by Crippen LogP contribution is 2.39. The number of aromatic nitrogens is 2. The fraction of sp³-hybridized carbons (Fsp3) is 0.273. The number of nitrogens with one attached hydrogen (secondary N) is 1. The number of hydrogen-bond acceptors (Lipinski definition) is 8. The molecule has 0 spiro atoms. The summed E-state index contributed by atoms with van der Waals surface area (Å²) in [5.41, 5.74) is 4.82. The van der Waals surface area contributed by atoms with Gasteiger partial charge in [0.05, 0.1) is 11.3 Å². The first-order valence-corrected chi connectivity index (χ1v) is 11.5. The monoisotopic (exact) mass is 470 g/mol. The summed E-state index contributed by atoms with van der Waals surface area (Å²) < 4.78 is 53.4. The van der Waals surface area contributed by atoms with Crippen LogP contribution in [0.5, 0.6) is 0 Å². The number of alkyl halides is 1. The summed E-state index contributed by atoms with van der Waals surface area (Å²) in [5.74, 6) is -1.50. The molecular weight excluding hydrogens is 450 g/mol. The van der Waals surface area contributed by atoms with Crippen LogP contribution in [0.2, 0.25) is 0 Å². The molecule has 0 bridgehead atoms. The first-order valence-electron chi connectivity index (χ1n) is 9.89. The van der Waals surface area contributed by atoms with Crippen molar-refractivity contribution >= 4 is 38.1 Å². The standard InChI is InChI=1S/C22H20F2N6O2S/c1-21(2)20(26)30-22(11-23,12-33(21,31)32)16-8-15(3-4-17(16)24)29-19-18-14(5-6-27-19)7-13(9-25)10-28-18/h3-8,10H,11-12H2,1-2H3,(H2,26,30)(H,27,29)/t22-/m0/s1. The summed E-state index contributed by atoms with van der Waals surface area (Å²) in [6.07, 6.45) is 2.91. The Morgan fingerprint density at radius 2 is 2.00 bits per heavy atom. The molecule has 3 N–H and O–H groups in total. The number of nitrogens with two attached hydrogens (primary N) is 1. The summed E-state index contributed by atoms with van der Waals surface area (Å²) in [5, 5.41) is 12.7. The molecule has 8 nitrogen and oxygen atoms in total. The average molecular weight is 471 g/mol. The predicted octanol–water partition coefficient (Wildman–Crippen LogP) is 3.11. The van der Waals surface area contributed by atoms with Gasteiger partial charge in [-0.05, 0) is 44.2 Å². The molecule has 0 unspecified atom stereocenters. The Balaban J connectivity index is 1.81. The average Bonchev–Trinajstić information content (AvgIpc) is 2.78. The number of nitrogens with zero attached hydrogens (tertiary/aromatic N) is 4. The quantitative estimate of drug-likeness (QED) is 0.598. The number of pyridine rings is 2. The number of fused-ring (bicyclic) bond motifs is 1. The van der Waals surface area contributed by atoms with Gasteiger partial charge in [-0.3, -0.25) is 9.98 Å². The first-order chi connectivity index (χ1) is 15.5. The number of nitriles is 1. The zero-order valence-corrected chi connectivity index (χ0v) is 18.6. The smallest absolute Gasteiger partial charge is 0.165 e. The number of amidine groups is 1. The number of aliphatic imine (C=N–C) groups is 1. The SMILES string of the molecule is CC1(C)C(N)=N[C@](CF)(c2cc(Nc3nccc4cc(C#N)cnc34)ccc2F)CS1(=O)=O. The molecule has 0 aliphatic carbocycles. The van der Waals surface area contributed by atoms with E-state index in [0.717, 1.165) is 6.07 Å². The number of benzene rings is 1. The molecular formula is C22H20F2N6O2S. The molecule has 2 aromatic heterocycles. The van der Waals surface area contributed by atoms with Crippen molar-refractivity contribution in [3.63, 3.8) is 0 Å². The fourth-order valence-electron chi connectivity index (χ4n) is 3.64. The van der Waals surface area contributed by atoms with Crippen LogP contribution in [0.3, 0.4) is 0 Å². The molecule has 1 aromatic carbocycles. The Labute approximate surface area is 189 Å². The van der Waals surface area contributed by atoms with Gasteiger partial charge in [-0.1, -0.05) is 0 Å². The van der Waals surface area contributed by atoms with Crippen LogP contribution in [0.4, 0.5) is 20.3 Å². The third kappa shape index (κ3) is 3.66. The molecule has 0 radical (unpaired) electrons. The molecule has 1 aliphatic heterocycles. The summed E-state index contributed by atoms with van der Waals surface area (Å²) in [6, 6.07) is 9.15. The molecule has 0 amide bonds. The second-order valence-corrected chi connectivity index (χ2v) is 10.9. The van der Waals surface area contributed by atoms with E-state index in [-0.39, 0.29) is 11.4 Å². The van der Waals surface area contributed by atoms with Crippen LogP contribution in [-0.2, 0) is 15.4 Å². The summed E-state index contributed by atoms with van der Waals surface area (Å²) in [4.78, 5) is 12.6. The van der Waals surface area contributed by atoms with Crippen LogP contribution in [0, 0.1) is 17.1 Å². The van der Waals surface area contributed by atoms with E-state index in [4.69, 9.17) is 11.0 Å². The molecule has 0 fully saturated rings. The van der Waals surface area contributed by atoms with Crippen molar-refractivity contribution in [2.24, 2.45) is 10.7 Å². The zero-order chi connectivity index (χ0) is 24.0. The number of hydrogen-bond donors (Lipinski definition) is 2. The van der Waals surface area contributed by atoms with Gasteiger partial charge in [0.25, 0.3) is 0 Å². The lowest BCUT2D eigenvalue weighted by Gasteiger charge is -2.38. The van der Waals surface area contributed by atoms with E-state index in [2.05, 4.69) is 20.3 Å². The van der Waals surface area contributed by atoms with Gasteiger partial charge in [-0.15, -0.1) is 0 Å². The highest BCUT2D eigenvalue weighted by Gasteiger charge is 2.51. The van der Waals surface area contributed by atoms with Crippen LogP contribution in [0.1, 0.15) is 25.0 Å². The molecule has 1 aliphatic rings. The van der Waals surface area contributed by atoms with E-state index >= 15 is 0 Å².